The first-order valence-electron chi connectivity index (χ1n) is 6.86. The summed E-state index contributed by atoms with van der Waals surface area (Å²) in [6.45, 7) is 8.08. The SMILES string of the molecule is CC(C)Cc1ccc(C(N)CC(C)(C)C(N)=O)cc1. The van der Waals surface area contributed by atoms with E-state index >= 15 is 0 Å². The third-order valence-corrected chi connectivity index (χ3v) is 3.45. The Hall–Kier alpha value is -1.35. The summed E-state index contributed by atoms with van der Waals surface area (Å²) in [5.41, 5.74) is 13.3. The number of rotatable bonds is 6. The van der Waals surface area contributed by atoms with Gasteiger partial charge in [-0.1, -0.05) is 52.0 Å². The van der Waals surface area contributed by atoms with E-state index in [9.17, 15) is 4.79 Å². The lowest BCUT2D eigenvalue weighted by Gasteiger charge is -2.24. The van der Waals surface area contributed by atoms with E-state index in [2.05, 4.69) is 38.1 Å². The Morgan fingerprint density at radius 2 is 1.74 bits per heavy atom. The van der Waals surface area contributed by atoms with E-state index in [1.807, 2.05) is 13.8 Å². The Bertz CT molecular complexity index is 421. The van der Waals surface area contributed by atoms with Gasteiger partial charge in [0, 0.05) is 11.5 Å². The van der Waals surface area contributed by atoms with Crippen LogP contribution in [0.1, 0.15) is 51.3 Å². The summed E-state index contributed by atoms with van der Waals surface area (Å²) in [5.74, 6) is 0.340. The van der Waals surface area contributed by atoms with Crippen molar-refractivity contribution in [1.82, 2.24) is 0 Å². The van der Waals surface area contributed by atoms with E-state index in [4.69, 9.17) is 11.5 Å². The molecule has 1 aromatic carbocycles. The normalized spacial score (nSPS) is 13.6. The fourth-order valence-electron chi connectivity index (χ4n) is 2.14. The standard InChI is InChI=1S/C16H26N2O/c1-11(2)9-12-5-7-13(8-6-12)14(17)10-16(3,4)15(18)19/h5-8,11,14H,9-10,17H2,1-4H3,(H2,18,19). The van der Waals surface area contributed by atoms with Crippen molar-refractivity contribution >= 4 is 5.91 Å². The van der Waals surface area contributed by atoms with Crippen molar-refractivity contribution in [3.05, 3.63) is 35.4 Å². The third-order valence-electron chi connectivity index (χ3n) is 3.45. The van der Waals surface area contributed by atoms with E-state index in [1.54, 1.807) is 0 Å². The summed E-state index contributed by atoms with van der Waals surface area (Å²) in [6, 6.07) is 8.19. The smallest absolute Gasteiger partial charge is 0.223 e. The molecule has 0 aliphatic rings. The zero-order valence-electron chi connectivity index (χ0n) is 12.4. The second-order valence-corrected chi connectivity index (χ2v) is 6.40. The van der Waals surface area contributed by atoms with Gasteiger partial charge in [-0.05, 0) is 29.9 Å². The maximum atomic E-state index is 11.3. The van der Waals surface area contributed by atoms with Gasteiger partial charge in [0.15, 0.2) is 0 Å². The monoisotopic (exact) mass is 262 g/mol. The topological polar surface area (TPSA) is 69.1 Å². The van der Waals surface area contributed by atoms with E-state index in [1.165, 1.54) is 5.56 Å². The minimum Gasteiger partial charge on any atom is -0.369 e. The minimum atomic E-state index is -0.573. The lowest BCUT2D eigenvalue weighted by atomic mass is 9.83. The predicted octanol–water partition coefficient (Wildman–Crippen LogP) is 2.79. The summed E-state index contributed by atoms with van der Waals surface area (Å²) in [7, 11) is 0. The van der Waals surface area contributed by atoms with Gasteiger partial charge in [0.25, 0.3) is 0 Å². The second-order valence-electron chi connectivity index (χ2n) is 6.40. The highest BCUT2D eigenvalue weighted by atomic mass is 16.1. The zero-order chi connectivity index (χ0) is 14.6. The molecule has 4 N–H and O–H groups in total. The van der Waals surface area contributed by atoms with Gasteiger partial charge in [-0.2, -0.15) is 0 Å². The van der Waals surface area contributed by atoms with Crippen molar-refractivity contribution in [2.24, 2.45) is 22.8 Å². The van der Waals surface area contributed by atoms with Crippen molar-refractivity contribution in [3.8, 4) is 0 Å². The summed E-state index contributed by atoms with van der Waals surface area (Å²) in [5, 5.41) is 0. The summed E-state index contributed by atoms with van der Waals surface area (Å²) in [6.07, 6.45) is 1.63. The molecule has 3 nitrogen and oxygen atoms in total. The maximum absolute atomic E-state index is 11.3. The van der Waals surface area contributed by atoms with Gasteiger partial charge in [-0.15, -0.1) is 0 Å². The van der Waals surface area contributed by atoms with Gasteiger partial charge in [0.1, 0.15) is 0 Å². The second kappa shape index (κ2) is 6.20. The molecule has 1 amide bonds. The molecule has 0 aliphatic heterocycles. The number of hydrogen-bond donors (Lipinski definition) is 2. The van der Waals surface area contributed by atoms with Crippen molar-refractivity contribution in [1.29, 1.82) is 0 Å². The number of amides is 1. The fourth-order valence-corrected chi connectivity index (χ4v) is 2.14. The molecule has 1 aromatic rings. The summed E-state index contributed by atoms with van der Waals surface area (Å²) < 4.78 is 0. The van der Waals surface area contributed by atoms with E-state index in [0.717, 1.165) is 12.0 Å². The molecular formula is C16H26N2O. The molecule has 106 valence electrons. The quantitative estimate of drug-likeness (QED) is 0.827. The first-order valence-corrected chi connectivity index (χ1v) is 6.86. The lowest BCUT2D eigenvalue weighted by Crippen LogP contribution is -2.34. The maximum Gasteiger partial charge on any atom is 0.223 e. The molecule has 19 heavy (non-hydrogen) atoms. The average Bonchev–Trinajstić information content (AvgIpc) is 2.28. The fraction of sp³-hybridized carbons (Fsp3) is 0.562. The number of carbonyl (C=O) groups is 1. The molecule has 0 radical (unpaired) electrons. The number of primary amides is 1. The number of hydrogen-bond acceptors (Lipinski definition) is 2. The van der Waals surface area contributed by atoms with Crippen LogP contribution in [-0.2, 0) is 11.2 Å². The largest absolute Gasteiger partial charge is 0.369 e. The van der Waals surface area contributed by atoms with Crippen LogP contribution in [0, 0.1) is 11.3 Å². The third kappa shape index (κ3) is 4.67. The molecule has 1 atom stereocenters. The van der Waals surface area contributed by atoms with Crippen molar-refractivity contribution in [2.75, 3.05) is 0 Å². The summed E-state index contributed by atoms with van der Waals surface area (Å²) in [4.78, 5) is 11.3. The molecule has 0 bridgehead atoms. The molecule has 3 heteroatoms. The average molecular weight is 262 g/mol. The highest BCUT2D eigenvalue weighted by Gasteiger charge is 2.27. The number of benzene rings is 1. The molecule has 0 aliphatic carbocycles. The Morgan fingerprint density at radius 1 is 1.21 bits per heavy atom. The van der Waals surface area contributed by atoms with Crippen molar-refractivity contribution in [3.63, 3.8) is 0 Å². The first kappa shape index (κ1) is 15.7. The van der Waals surface area contributed by atoms with Crippen LogP contribution >= 0.6 is 0 Å². The van der Waals surface area contributed by atoms with E-state index in [-0.39, 0.29) is 11.9 Å². The van der Waals surface area contributed by atoms with Crippen molar-refractivity contribution in [2.45, 2.75) is 46.6 Å². The van der Waals surface area contributed by atoms with Crippen LogP contribution in [0.25, 0.3) is 0 Å². The highest BCUT2D eigenvalue weighted by Crippen LogP contribution is 2.28. The Balaban J connectivity index is 2.73. The first-order chi connectivity index (χ1) is 8.72. The van der Waals surface area contributed by atoms with Crippen LogP contribution in [0.3, 0.4) is 0 Å². The molecule has 0 aromatic heterocycles. The van der Waals surface area contributed by atoms with Crippen LogP contribution in [0.5, 0.6) is 0 Å². The van der Waals surface area contributed by atoms with Crippen LogP contribution in [0.15, 0.2) is 24.3 Å². The van der Waals surface area contributed by atoms with Gasteiger partial charge in [0.05, 0.1) is 0 Å². The van der Waals surface area contributed by atoms with Crippen molar-refractivity contribution < 1.29 is 4.79 Å². The number of carbonyl (C=O) groups excluding carboxylic acids is 1. The van der Waals surface area contributed by atoms with Crippen LogP contribution in [0.4, 0.5) is 0 Å². The number of nitrogens with two attached hydrogens (primary N) is 2. The van der Waals surface area contributed by atoms with Gasteiger partial charge in [-0.3, -0.25) is 4.79 Å². The van der Waals surface area contributed by atoms with Gasteiger partial charge in [0.2, 0.25) is 5.91 Å². The molecule has 1 rings (SSSR count). The Morgan fingerprint density at radius 3 is 2.16 bits per heavy atom. The van der Waals surface area contributed by atoms with Crippen LogP contribution in [-0.4, -0.2) is 5.91 Å². The molecule has 0 heterocycles. The molecule has 0 fully saturated rings. The lowest BCUT2D eigenvalue weighted by molar-refractivity contribution is -0.126. The summed E-state index contributed by atoms with van der Waals surface area (Å²) >= 11 is 0. The zero-order valence-corrected chi connectivity index (χ0v) is 12.4. The molecule has 0 saturated carbocycles. The van der Waals surface area contributed by atoms with Gasteiger partial charge < -0.3 is 11.5 Å². The Labute approximate surface area is 116 Å². The van der Waals surface area contributed by atoms with E-state index in [0.29, 0.717) is 12.3 Å². The van der Waals surface area contributed by atoms with Gasteiger partial charge in [-0.25, -0.2) is 0 Å². The highest BCUT2D eigenvalue weighted by molar-refractivity contribution is 5.79. The van der Waals surface area contributed by atoms with Crippen LogP contribution in [0.2, 0.25) is 0 Å². The van der Waals surface area contributed by atoms with Crippen LogP contribution < -0.4 is 11.5 Å². The molecule has 1 unspecified atom stereocenters. The molecular weight excluding hydrogens is 236 g/mol. The van der Waals surface area contributed by atoms with Gasteiger partial charge >= 0.3 is 0 Å². The Kier molecular flexibility index (Phi) is 5.12. The van der Waals surface area contributed by atoms with E-state index < -0.39 is 5.41 Å². The predicted molar refractivity (Wildman–Crippen MR) is 79.5 cm³/mol. The molecule has 0 spiro atoms. The molecule has 0 saturated heterocycles. The minimum absolute atomic E-state index is 0.157.